The summed E-state index contributed by atoms with van der Waals surface area (Å²) in [5, 5.41) is 15.8. The topological polar surface area (TPSA) is 86.3 Å². The molecule has 0 unspecified atom stereocenters. The molecule has 28 heavy (non-hydrogen) atoms. The van der Waals surface area contributed by atoms with Gasteiger partial charge >= 0.3 is 0 Å². The Morgan fingerprint density at radius 1 is 0.964 bits per heavy atom. The standard InChI is InChI=1S/C20H16N8/c1-27-18(10-11-22-27)14-6-5-7-15(12-14)23-20-21-13-17-19(24-20)28(26-25-17)16-8-3-2-4-9-16/h2-13H,1H3,(H,21,23,24). The summed E-state index contributed by atoms with van der Waals surface area (Å²) in [4.78, 5) is 8.98. The molecule has 0 bridgehead atoms. The highest BCUT2D eigenvalue weighted by Crippen LogP contribution is 2.24. The number of nitrogens with zero attached hydrogens (tertiary/aromatic N) is 7. The van der Waals surface area contributed by atoms with Gasteiger partial charge in [-0.25, -0.2) is 4.98 Å². The van der Waals surface area contributed by atoms with Crippen LogP contribution < -0.4 is 5.32 Å². The van der Waals surface area contributed by atoms with Crippen LogP contribution in [0.3, 0.4) is 0 Å². The van der Waals surface area contributed by atoms with E-state index in [0.717, 1.165) is 22.6 Å². The molecule has 3 aromatic heterocycles. The number of aromatic nitrogens is 7. The molecule has 5 aromatic rings. The van der Waals surface area contributed by atoms with E-state index in [1.54, 1.807) is 17.1 Å². The molecular formula is C20H16N8. The lowest BCUT2D eigenvalue weighted by atomic mass is 10.1. The lowest BCUT2D eigenvalue weighted by Crippen LogP contribution is -2.01. The first kappa shape index (κ1) is 16.1. The monoisotopic (exact) mass is 368 g/mol. The SMILES string of the molecule is Cn1nccc1-c1cccc(Nc2ncc3nnn(-c4ccccc4)c3n2)c1. The Bertz CT molecular complexity index is 1260. The van der Waals surface area contributed by atoms with E-state index >= 15 is 0 Å². The molecule has 8 nitrogen and oxygen atoms in total. The largest absolute Gasteiger partial charge is 0.324 e. The third kappa shape index (κ3) is 2.86. The quantitative estimate of drug-likeness (QED) is 0.523. The van der Waals surface area contributed by atoms with E-state index in [-0.39, 0.29) is 0 Å². The van der Waals surface area contributed by atoms with Gasteiger partial charge in [0.1, 0.15) is 0 Å². The number of hydrogen-bond donors (Lipinski definition) is 1. The van der Waals surface area contributed by atoms with Crippen LogP contribution >= 0.6 is 0 Å². The van der Waals surface area contributed by atoms with Crippen LogP contribution in [0, 0.1) is 0 Å². The molecule has 0 aliphatic carbocycles. The average molecular weight is 368 g/mol. The van der Waals surface area contributed by atoms with Gasteiger partial charge in [-0.1, -0.05) is 35.5 Å². The summed E-state index contributed by atoms with van der Waals surface area (Å²) < 4.78 is 3.54. The Labute approximate surface area is 160 Å². The first-order valence-electron chi connectivity index (χ1n) is 8.77. The fourth-order valence-corrected chi connectivity index (χ4v) is 3.07. The summed E-state index contributed by atoms with van der Waals surface area (Å²) >= 11 is 0. The third-order valence-corrected chi connectivity index (χ3v) is 4.43. The maximum absolute atomic E-state index is 4.61. The fraction of sp³-hybridized carbons (Fsp3) is 0.0500. The maximum atomic E-state index is 4.61. The summed E-state index contributed by atoms with van der Waals surface area (Å²) in [6.45, 7) is 0. The first-order chi connectivity index (χ1) is 13.8. The Kier molecular flexibility index (Phi) is 3.79. The van der Waals surface area contributed by atoms with Crippen molar-refractivity contribution in [2.75, 3.05) is 5.32 Å². The van der Waals surface area contributed by atoms with Crippen molar-refractivity contribution in [2.24, 2.45) is 7.05 Å². The molecule has 0 radical (unpaired) electrons. The molecule has 0 atom stereocenters. The van der Waals surface area contributed by atoms with Crippen molar-refractivity contribution in [3.63, 3.8) is 0 Å². The molecule has 8 heteroatoms. The van der Waals surface area contributed by atoms with Crippen molar-refractivity contribution < 1.29 is 0 Å². The molecule has 0 saturated carbocycles. The van der Waals surface area contributed by atoms with Crippen molar-refractivity contribution in [1.82, 2.24) is 34.7 Å². The number of anilines is 2. The third-order valence-electron chi connectivity index (χ3n) is 4.43. The highest BCUT2D eigenvalue weighted by molar-refractivity contribution is 5.73. The zero-order valence-electron chi connectivity index (χ0n) is 15.1. The van der Waals surface area contributed by atoms with E-state index in [4.69, 9.17) is 0 Å². The number of rotatable bonds is 4. The Morgan fingerprint density at radius 3 is 2.68 bits per heavy atom. The summed E-state index contributed by atoms with van der Waals surface area (Å²) in [6, 6.07) is 19.8. The molecule has 0 aliphatic rings. The molecule has 1 N–H and O–H groups in total. The number of hydrogen-bond acceptors (Lipinski definition) is 6. The van der Waals surface area contributed by atoms with E-state index in [2.05, 4.69) is 30.7 Å². The van der Waals surface area contributed by atoms with Gasteiger partial charge in [-0.05, 0) is 30.3 Å². The summed E-state index contributed by atoms with van der Waals surface area (Å²) in [5.74, 6) is 0.481. The molecule has 5 rings (SSSR count). The number of para-hydroxylation sites is 1. The van der Waals surface area contributed by atoms with Crippen molar-refractivity contribution in [3.8, 4) is 16.9 Å². The van der Waals surface area contributed by atoms with Gasteiger partial charge in [0.25, 0.3) is 0 Å². The second-order valence-corrected chi connectivity index (χ2v) is 6.29. The van der Waals surface area contributed by atoms with E-state index in [0.29, 0.717) is 17.1 Å². The van der Waals surface area contributed by atoms with Gasteiger partial charge in [0.05, 0.1) is 17.6 Å². The summed E-state index contributed by atoms with van der Waals surface area (Å²) in [6.07, 6.45) is 3.45. The average Bonchev–Trinajstić information content (AvgIpc) is 3.35. The number of fused-ring (bicyclic) bond motifs is 1. The molecule has 0 amide bonds. The van der Waals surface area contributed by atoms with Crippen LogP contribution in [0.2, 0.25) is 0 Å². The Morgan fingerprint density at radius 2 is 1.86 bits per heavy atom. The van der Waals surface area contributed by atoms with Gasteiger partial charge in [0.15, 0.2) is 11.2 Å². The minimum absolute atomic E-state index is 0.481. The van der Waals surface area contributed by atoms with Gasteiger partial charge in [-0.15, -0.1) is 5.10 Å². The lowest BCUT2D eigenvalue weighted by Gasteiger charge is -2.08. The fourth-order valence-electron chi connectivity index (χ4n) is 3.07. The molecular weight excluding hydrogens is 352 g/mol. The van der Waals surface area contributed by atoms with E-state index in [1.165, 1.54) is 0 Å². The van der Waals surface area contributed by atoms with Crippen LogP contribution in [-0.2, 0) is 7.05 Å². The van der Waals surface area contributed by atoms with Crippen LogP contribution in [0.1, 0.15) is 0 Å². The van der Waals surface area contributed by atoms with Gasteiger partial charge in [-0.2, -0.15) is 14.8 Å². The van der Waals surface area contributed by atoms with E-state index in [9.17, 15) is 0 Å². The van der Waals surface area contributed by atoms with E-state index < -0.39 is 0 Å². The van der Waals surface area contributed by atoms with Crippen molar-refractivity contribution >= 4 is 22.8 Å². The van der Waals surface area contributed by atoms with Gasteiger partial charge in [-0.3, -0.25) is 4.68 Å². The van der Waals surface area contributed by atoms with Crippen LogP contribution in [0.4, 0.5) is 11.6 Å². The van der Waals surface area contributed by atoms with Crippen molar-refractivity contribution in [2.45, 2.75) is 0 Å². The van der Waals surface area contributed by atoms with Crippen LogP contribution in [0.25, 0.3) is 28.1 Å². The van der Waals surface area contributed by atoms with Crippen molar-refractivity contribution in [3.05, 3.63) is 73.1 Å². The van der Waals surface area contributed by atoms with Gasteiger partial charge in [0.2, 0.25) is 5.95 Å². The minimum atomic E-state index is 0.481. The normalized spacial score (nSPS) is 11.0. The highest BCUT2D eigenvalue weighted by Gasteiger charge is 2.10. The summed E-state index contributed by atoms with van der Waals surface area (Å²) in [5.41, 5.74) is 5.16. The van der Waals surface area contributed by atoms with Crippen LogP contribution in [-0.4, -0.2) is 34.7 Å². The zero-order chi connectivity index (χ0) is 18.9. The first-order valence-corrected chi connectivity index (χ1v) is 8.77. The molecule has 0 spiro atoms. The predicted octanol–water partition coefficient (Wildman–Crippen LogP) is 3.35. The molecule has 136 valence electrons. The Balaban J connectivity index is 1.50. The molecule has 2 aromatic carbocycles. The minimum Gasteiger partial charge on any atom is -0.324 e. The number of nitrogens with one attached hydrogen (secondary N) is 1. The maximum Gasteiger partial charge on any atom is 0.229 e. The lowest BCUT2D eigenvalue weighted by molar-refractivity contribution is 0.776. The molecule has 0 fully saturated rings. The number of aryl methyl sites for hydroxylation is 1. The number of benzene rings is 2. The van der Waals surface area contributed by atoms with Crippen molar-refractivity contribution in [1.29, 1.82) is 0 Å². The zero-order valence-corrected chi connectivity index (χ0v) is 15.1. The van der Waals surface area contributed by atoms with Gasteiger partial charge in [0, 0.05) is 24.5 Å². The highest BCUT2D eigenvalue weighted by atomic mass is 15.4. The predicted molar refractivity (Wildman–Crippen MR) is 106 cm³/mol. The van der Waals surface area contributed by atoms with Gasteiger partial charge < -0.3 is 5.32 Å². The van der Waals surface area contributed by atoms with Crippen LogP contribution in [0.15, 0.2) is 73.1 Å². The summed E-state index contributed by atoms with van der Waals surface area (Å²) in [7, 11) is 1.92. The second kappa shape index (κ2) is 6.58. The molecule has 3 heterocycles. The molecule has 0 saturated heterocycles. The van der Waals surface area contributed by atoms with Crippen LogP contribution in [0.5, 0.6) is 0 Å². The smallest absolute Gasteiger partial charge is 0.229 e. The van der Waals surface area contributed by atoms with E-state index in [1.807, 2.05) is 72.4 Å². The second-order valence-electron chi connectivity index (χ2n) is 6.29. The molecule has 0 aliphatic heterocycles. The Hall–Kier alpha value is -4.07.